The minimum absolute atomic E-state index is 0.224. The number of hydrogen-bond acceptors (Lipinski definition) is 3. The van der Waals surface area contributed by atoms with Crippen LogP contribution in [0.1, 0.15) is 17.9 Å². The van der Waals surface area contributed by atoms with Gasteiger partial charge in [-0.25, -0.2) is 4.79 Å². The molecule has 5 nitrogen and oxygen atoms in total. The second-order valence-electron chi connectivity index (χ2n) is 8.16. The van der Waals surface area contributed by atoms with Crippen LogP contribution in [0.15, 0.2) is 52.1 Å². The number of aromatic nitrogens is 2. The van der Waals surface area contributed by atoms with Gasteiger partial charge in [0.1, 0.15) is 0 Å². The summed E-state index contributed by atoms with van der Waals surface area (Å²) in [5, 5.41) is 1.91. The number of likely N-dealkylation sites (tertiary alicyclic amines) is 1. The second-order valence-corrected chi connectivity index (χ2v) is 9.03. The van der Waals surface area contributed by atoms with Gasteiger partial charge in [0.25, 0.3) is 5.56 Å². The van der Waals surface area contributed by atoms with Gasteiger partial charge in [-0.1, -0.05) is 35.3 Å². The quantitative estimate of drug-likeness (QED) is 0.686. The minimum atomic E-state index is -0.345. The van der Waals surface area contributed by atoms with Crippen LogP contribution in [-0.2, 0) is 6.54 Å². The van der Waals surface area contributed by atoms with E-state index in [1.54, 1.807) is 18.2 Å². The standard InChI is InChI=1S/C22H21Cl2N3O2/c23-15-7-13(8-16(24)10-15)18-9-14-11-26(12-19(14)18)5-6-27-21(28)17-3-1-2-4-20(17)25-22(27)29/h1-4,7-8,10,14,18-19H,5-6,9,11-12H2,(H,25,29). The third-order valence-corrected chi connectivity index (χ3v) is 6.92. The number of nitrogens with one attached hydrogen (secondary N) is 1. The highest BCUT2D eigenvalue weighted by Crippen LogP contribution is 2.51. The molecule has 1 saturated carbocycles. The van der Waals surface area contributed by atoms with Gasteiger partial charge >= 0.3 is 5.69 Å². The molecule has 0 spiro atoms. The summed E-state index contributed by atoms with van der Waals surface area (Å²) in [5.74, 6) is 1.72. The maximum absolute atomic E-state index is 12.7. The smallest absolute Gasteiger partial charge is 0.307 e. The van der Waals surface area contributed by atoms with Gasteiger partial charge in [0.15, 0.2) is 0 Å². The normalized spacial score (nSPS) is 23.9. The Morgan fingerprint density at radius 2 is 1.76 bits per heavy atom. The van der Waals surface area contributed by atoms with Gasteiger partial charge in [0.2, 0.25) is 0 Å². The third kappa shape index (κ3) is 3.41. The number of halogens is 2. The van der Waals surface area contributed by atoms with E-state index >= 15 is 0 Å². The lowest BCUT2D eigenvalue weighted by Crippen LogP contribution is -2.38. The summed E-state index contributed by atoms with van der Waals surface area (Å²) >= 11 is 12.4. The van der Waals surface area contributed by atoms with Crippen LogP contribution in [0.3, 0.4) is 0 Å². The minimum Gasteiger partial charge on any atom is -0.307 e. The number of benzene rings is 2. The molecule has 0 radical (unpaired) electrons. The monoisotopic (exact) mass is 429 g/mol. The van der Waals surface area contributed by atoms with Crippen molar-refractivity contribution in [3.63, 3.8) is 0 Å². The number of fused-ring (bicyclic) bond motifs is 2. The largest absolute Gasteiger partial charge is 0.328 e. The molecule has 2 fully saturated rings. The summed E-state index contributed by atoms with van der Waals surface area (Å²) in [6.07, 6.45) is 1.13. The fourth-order valence-corrected chi connectivity index (χ4v) is 5.54. The Balaban J connectivity index is 1.29. The van der Waals surface area contributed by atoms with Gasteiger partial charge in [-0.15, -0.1) is 0 Å². The fraction of sp³-hybridized carbons (Fsp3) is 0.364. The Morgan fingerprint density at radius 3 is 2.55 bits per heavy atom. The Labute approximate surface area is 177 Å². The number of nitrogens with zero attached hydrogens (tertiary/aromatic N) is 2. The highest BCUT2D eigenvalue weighted by atomic mass is 35.5. The van der Waals surface area contributed by atoms with Gasteiger partial charge < -0.3 is 9.88 Å². The molecule has 1 aliphatic heterocycles. The highest BCUT2D eigenvalue weighted by molar-refractivity contribution is 6.34. The molecule has 1 N–H and O–H groups in total. The van der Waals surface area contributed by atoms with Crippen LogP contribution in [0.25, 0.3) is 10.9 Å². The first-order valence-electron chi connectivity index (χ1n) is 9.90. The Morgan fingerprint density at radius 1 is 1.00 bits per heavy atom. The van der Waals surface area contributed by atoms with Gasteiger partial charge in [-0.2, -0.15) is 0 Å². The molecule has 2 aromatic carbocycles. The van der Waals surface area contributed by atoms with E-state index in [4.69, 9.17) is 23.2 Å². The summed E-state index contributed by atoms with van der Waals surface area (Å²) in [7, 11) is 0. The molecule has 29 heavy (non-hydrogen) atoms. The van der Waals surface area contributed by atoms with E-state index in [9.17, 15) is 9.59 Å². The molecule has 150 valence electrons. The predicted octanol–water partition coefficient (Wildman–Crippen LogP) is 3.73. The predicted molar refractivity (Wildman–Crippen MR) is 116 cm³/mol. The van der Waals surface area contributed by atoms with Crippen molar-refractivity contribution in [2.24, 2.45) is 11.8 Å². The Kier molecular flexibility index (Phi) is 4.77. The van der Waals surface area contributed by atoms with Crippen molar-refractivity contribution in [1.29, 1.82) is 0 Å². The maximum atomic E-state index is 12.7. The van der Waals surface area contributed by atoms with Crippen LogP contribution >= 0.6 is 23.2 Å². The molecule has 1 saturated heterocycles. The summed E-state index contributed by atoms with van der Waals surface area (Å²) < 4.78 is 1.32. The van der Waals surface area contributed by atoms with Crippen molar-refractivity contribution in [3.05, 3.63) is 78.9 Å². The highest BCUT2D eigenvalue weighted by Gasteiger charge is 2.47. The molecule has 1 aliphatic carbocycles. The maximum Gasteiger partial charge on any atom is 0.328 e. The van der Waals surface area contributed by atoms with Crippen LogP contribution < -0.4 is 11.2 Å². The lowest BCUT2D eigenvalue weighted by molar-refractivity contribution is 0.191. The van der Waals surface area contributed by atoms with Gasteiger partial charge in [0.05, 0.1) is 10.9 Å². The summed E-state index contributed by atoms with van der Waals surface area (Å²) in [6.45, 7) is 3.07. The molecule has 3 atom stereocenters. The first-order valence-corrected chi connectivity index (χ1v) is 10.7. The first kappa shape index (κ1) is 18.9. The average molecular weight is 430 g/mol. The van der Waals surface area contributed by atoms with Gasteiger partial charge in [0, 0.05) is 36.2 Å². The summed E-state index contributed by atoms with van der Waals surface area (Å²) in [4.78, 5) is 30.2. The summed E-state index contributed by atoms with van der Waals surface area (Å²) in [5.41, 5.74) is 1.23. The third-order valence-electron chi connectivity index (χ3n) is 6.48. The molecule has 3 aromatic rings. The van der Waals surface area contributed by atoms with E-state index in [1.165, 1.54) is 10.1 Å². The van der Waals surface area contributed by atoms with Crippen molar-refractivity contribution >= 4 is 34.1 Å². The van der Waals surface area contributed by atoms with Crippen LogP contribution in [0.2, 0.25) is 10.0 Å². The Hall–Kier alpha value is -2.08. The molecule has 1 aromatic heterocycles. The second kappa shape index (κ2) is 7.31. The molecular weight excluding hydrogens is 409 g/mol. The fourth-order valence-electron chi connectivity index (χ4n) is 5.00. The Bertz CT molecular complexity index is 1180. The van der Waals surface area contributed by atoms with E-state index in [1.807, 2.05) is 24.3 Å². The van der Waals surface area contributed by atoms with Gasteiger partial charge in [-0.05, 0) is 60.1 Å². The van der Waals surface area contributed by atoms with Crippen molar-refractivity contribution in [1.82, 2.24) is 14.5 Å². The van der Waals surface area contributed by atoms with E-state index in [-0.39, 0.29) is 11.2 Å². The molecular formula is C22H21Cl2N3O2. The van der Waals surface area contributed by atoms with Crippen LogP contribution in [0, 0.1) is 11.8 Å². The van der Waals surface area contributed by atoms with Crippen molar-refractivity contribution in [2.45, 2.75) is 18.9 Å². The molecule has 2 heterocycles. The zero-order chi connectivity index (χ0) is 20.1. The molecule has 0 bridgehead atoms. The van der Waals surface area contributed by atoms with Crippen LogP contribution in [0.4, 0.5) is 0 Å². The number of hydrogen-bond donors (Lipinski definition) is 1. The molecule has 3 unspecified atom stereocenters. The van der Waals surface area contributed by atoms with Crippen molar-refractivity contribution in [2.75, 3.05) is 19.6 Å². The molecule has 5 rings (SSSR count). The zero-order valence-corrected chi connectivity index (χ0v) is 17.3. The lowest BCUT2D eigenvalue weighted by atomic mass is 9.64. The SMILES string of the molecule is O=c1[nH]c2ccccc2c(=O)n1CCN1CC2CC(c3cc(Cl)cc(Cl)c3)C2C1. The van der Waals surface area contributed by atoms with E-state index in [0.29, 0.717) is 51.8 Å². The number of H-pyrrole nitrogens is 1. The van der Waals surface area contributed by atoms with Crippen LogP contribution in [0.5, 0.6) is 0 Å². The molecule has 0 amide bonds. The summed E-state index contributed by atoms with van der Waals surface area (Å²) in [6, 6.07) is 12.9. The first-order chi connectivity index (χ1) is 14.0. The average Bonchev–Trinajstić information content (AvgIpc) is 2.97. The number of rotatable bonds is 4. The number of aromatic amines is 1. The van der Waals surface area contributed by atoms with Crippen LogP contribution in [-0.4, -0.2) is 34.1 Å². The van der Waals surface area contributed by atoms with E-state index in [2.05, 4.69) is 9.88 Å². The lowest BCUT2D eigenvalue weighted by Gasteiger charge is -2.40. The van der Waals surface area contributed by atoms with Crippen molar-refractivity contribution < 1.29 is 0 Å². The van der Waals surface area contributed by atoms with E-state index < -0.39 is 0 Å². The van der Waals surface area contributed by atoms with Crippen molar-refractivity contribution in [3.8, 4) is 0 Å². The zero-order valence-electron chi connectivity index (χ0n) is 15.8. The van der Waals surface area contributed by atoms with Gasteiger partial charge in [-0.3, -0.25) is 9.36 Å². The van der Waals surface area contributed by atoms with E-state index in [0.717, 1.165) is 19.5 Å². The topological polar surface area (TPSA) is 58.1 Å². The number of para-hydroxylation sites is 1. The molecule has 7 heteroatoms. The molecule has 2 aliphatic rings.